The SMILES string of the molecule is CCCCC/C=C\C/C=C\C/C=C\C/C=C\CCC(O)C(=O)NC(COC1OC(CO)C(O)C(O)C1OC(=O)CCCCC/C=C\CCCCCCCCC)C(O)/C=C/CCCCCCCCCCC. The number of aliphatic hydroxyl groups is 5. The molecule has 0 aromatic carbocycles. The molecule has 0 saturated carbocycles. The second kappa shape index (κ2) is 47.1. The zero-order valence-corrected chi connectivity index (χ0v) is 44.4. The van der Waals surface area contributed by atoms with Gasteiger partial charge < -0.3 is 45.1 Å². The van der Waals surface area contributed by atoms with E-state index >= 15 is 0 Å². The van der Waals surface area contributed by atoms with Crippen LogP contribution in [0.25, 0.3) is 0 Å². The number of ether oxygens (including phenoxy) is 3. The molecular formula is C59H103NO10. The lowest BCUT2D eigenvalue weighted by Crippen LogP contribution is -2.61. The zero-order chi connectivity index (χ0) is 51.1. The summed E-state index contributed by atoms with van der Waals surface area (Å²) >= 11 is 0. The molecule has 404 valence electrons. The molecule has 8 unspecified atom stereocenters. The molecule has 0 aliphatic carbocycles. The van der Waals surface area contributed by atoms with Crippen LogP contribution in [0.2, 0.25) is 0 Å². The first-order valence-corrected chi connectivity index (χ1v) is 28.2. The Balaban J connectivity index is 2.79. The van der Waals surface area contributed by atoms with Crippen molar-refractivity contribution in [2.45, 2.75) is 275 Å². The first-order chi connectivity index (χ1) is 34.2. The number of allylic oxidation sites excluding steroid dienone is 11. The summed E-state index contributed by atoms with van der Waals surface area (Å²) in [4.78, 5) is 26.4. The van der Waals surface area contributed by atoms with Crippen molar-refractivity contribution in [3.8, 4) is 0 Å². The summed E-state index contributed by atoms with van der Waals surface area (Å²) in [6.45, 7) is 5.68. The Bertz CT molecular complexity index is 1410. The van der Waals surface area contributed by atoms with Crippen molar-refractivity contribution in [3.63, 3.8) is 0 Å². The predicted octanol–water partition coefficient (Wildman–Crippen LogP) is 12.4. The van der Waals surface area contributed by atoms with Gasteiger partial charge >= 0.3 is 5.97 Å². The molecule has 11 nitrogen and oxygen atoms in total. The maximum absolute atomic E-state index is 13.3. The number of amides is 1. The standard InChI is InChI=1S/C59H103NO10/c1-4-7-10-13-16-19-22-24-26-27-28-31-34-37-40-43-46-52(63)58(67)60-50(51(62)45-42-39-36-33-30-21-18-15-12-9-6-3)49-68-59-57(56(66)55(65)53(48-61)69-59)70-54(64)47-44-41-38-35-32-29-25-23-20-17-14-11-8-5-2/h16,19,24,26,28-29,31-32,37,40,42,45,50-53,55-57,59,61-63,65-66H,4-15,17-18,20-23,25,27,30,33-36,38-39,41,43-44,46-49H2,1-3H3,(H,60,67)/b19-16-,26-24-,31-28-,32-29-,40-37-,45-42+. The monoisotopic (exact) mass is 986 g/mol. The van der Waals surface area contributed by atoms with E-state index in [1.54, 1.807) is 6.08 Å². The number of hydrogen-bond acceptors (Lipinski definition) is 10. The molecule has 0 aromatic rings. The van der Waals surface area contributed by atoms with Gasteiger partial charge in [0.2, 0.25) is 5.91 Å². The summed E-state index contributed by atoms with van der Waals surface area (Å²) in [5.41, 5.74) is 0. The van der Waals surface area contributed by atoms with E-state index in [9.17, 15) is 35.1 Å². The Morgan fingerprint density at radius 1 is 0.557 bits per heavy atom. The van der Waals surface area contributed by atoms with Gasteiger partial charge in [0.15, 0.2) is 12.4 Å². The number of rotatable bonds is 46. The fourth-order valence-electron chi connectivity index (χ4n) is 8.28. The number of carbonyl (C=O) groups excluding carboxylic acids is 2. The minimum absolute atomic E-state index is 0.0946. The highest BCUT2D eigenvalue weighted by Gasteiger charge is 2.47. The maximum atomic E-state index is 13.3. The third-order valence-electron chi connectivity index (χ3n) is 12.8. The average Bonchev–Trinajstić information content (AvgIpc) is 3.36. The summed E-state index contributed by atoms with van der Waals surface area (Å²) in [7, 11) is 0. The van der Waals surface area contributed by atoms with Crippen molar-refractivity contribution < 1.29 is 49.3 Å². The van der Waals surface area contributed by atoms with Crippen molar-refractivity contribution in [2.24, 2.45) is 0 Å². The van der Waals surface area contributed by atoms with E-state index in [0.717, 1.165) is 77.0 Å². The minimum Gasteiger partial charge on any atom is -0.454 e. The molecule has 0 radical (unpaired) electrons. The summed E-state index contributed by atoms with van der Waals surface area (Å²) in [6.07, 6.45) is 48.1. The van der Waals surface area contributed by atoms with E-state index in [2.05, 4.69) is 74.7 Å². The van der Waals surface area contributed by atoms with E-state index in [4.69, 9.17) is 14.2 Å². The predicted molar refractivity (Wildman–Crippen MR) is 287 cm³/mol. The number of esters is 1. The lowest BCUT2D eigenvalue weighted by Gasteiger charge is -2.41. The van der Waals surface area contributed by atoms with Crippen molar-refractivity contribution in [3.05, 3.63) is 72.9 Å². The maximum Gasteiger partial charge on any atom is 0.306 e. The van der Waals surface area contributed by atoms with E-state index in [0.29, 0.717) is 12.8 Å². The third-order valence-corrected chi connectivity index (χ3v) is 12.8. The molecule has 1 amide bonds. The van der Waals surface area contributed by atoms with Gasteiger partial charge in [-0.15, -0.1) is 0 Å². The fourth-order valence-corrected chi connectivity index (χ4v) is 8.28. The molecule has 1 heterocycles. The number of unbranched alkanes of at least 4 members (excludes halogenated alkanes) is 22. The van der Waals surface area contributed by atoms with Crippen molar-refractivity contribution in [1.82, 2.24) is 5.32 Å². The van der Waals surface area contributed by atoms with Crippen LogP contribution in [0.3, 0.4) is 0 Å². The lowest BCUT2D eigenvalue weighted by atomic mass is 9.99. The number of hydrogen-bond donors (Lipinski definition) is 6. The van der Waals surface area contributed by atoms with Gasteiger partial charge in [0.1, 0.15) is 24.4 Å². The average molecular weight is 986 g/mol. The highest BCUT2D eigenvalue weighted by Crippen LogP contribution is 2.26. The van der Waals surface area contributed by atoms with Crippen molar-refractivity contribution >= 4 is 11.9 Å². The van der Waals surface area contributed by atoms with Gasteiger partial charge in [0.25, 0.3) is 0 Å². The third kappa shape index (κ3) is 35.3. The highest BCUT2D eigenvalue weighted by atomic mass is 16.7. The molecule has 0 spiro atoms. The molecule has 1 fully saturated rings. The van der Waals surface area contributed by atoms with E-state index in [1.165, 1.54) is 103 Å². The fraction of sp³-hybridized carbons (Fsp3) is 0.763. The molecule has 1 rings (SSSR count). The Morgan fingerprint density at radius 2 is 0.986 bits per heavy atom. The van der Waals surface area contributed by atoms with Crippen LogP contribution in [0.1, 0.15) is 226 Å². The van der Waals surface area contributed by atoms with E-state index < -0.39 is 67.4 Å². The number of nitrogens with one attached hydrogen (secondary N) is 1. The van der Waals surface area contributed by atoms with Crippen LogP contribution in [0.5, 0.6) is 0 Å². The van der Waals surface area contributed by atoms with Gasteiger partial charge in [-0.2, -0.15) is 0 Å². The van der Waals surface area contributed by atoms with Gasteiger partial charge in [-0.3, -0.25) is 9.59 Å². The Labute approximate surface area is 426 Å². The molecule has 6 N–H and O–H groups in total. The molecule has 0 bridgehead atoms. The van der Waals surface area contributed by atoms with Gasteiger partial charge in [-0.1, -0.05) is 203 Å². The molecule has 1 aliphatic rings. The van der Waals surface area contributed by atoms with Crippen molar-refractivity contribution in [1.29, 1.82) is 0 Å². The molecular weight excluding hydrogens is 883 g/mol. The van der Waals surface area contributed by atoms with Gasteiger partial charge in [-0.05, 0) is 89.9 Å². The van der Waals surface area contributed by atoms with E-state index in [1.807, 2.05) is 18.2 Å². The molecule has 1 aliphatic heterocycles. The van der Waals surface area contributed by atoms with Crippen LogP contribution < -0.4 is 5.32 Å². The second-order valence-corrected chi connectivity index (χ2v) is 19.3. The van der Waals surface area contributed by atoms with Gasteiger partial charge in [0.05, 0.1) is 25.4 Å². The first-order valence-electron chi connectivity index (χ1n) is 28.2. The van der Waals surface area contributed by atoms with Gasteiger partial charge in [-0.25, -0.2) is 0 Å². The van der Waals surface area contributed by atoms with Crippen LogP contribution in [0.15, 0.2) is 72.9 Å². The molecule has 0 aromatic heterocycles. The van der Waals surface area contributed by atoms with Crippen LogP contribution in [0, 0.1) is 0 Å². The minimum atomic E-state index is -1.63. The Kier molecular flexibility index (Phi) is 43.8. The zero-order valence-electron chi connectivity index (χ0n) is 44.4. The topological polar surface area (TPSA) is 175 Å². The van der Waals surface area contributed by atoms with Crippen LogP contribution >= 0.6 is 0 Å². The quantitative estimate of drug-likeness (QED) is 0.0196. The Hall–Kier alpha value is -2.90. The normalized spacial score (nSPS) is 20.3. The number of carbonyl (C=O) groups is 2. The summed E-state index contributed by atoms with van der Waals surface area (Å²) in [6, 6.07) is -1.06. The molecule has 1 saturated heterocycles. The summed E-state index contributed by atoms with van der Waals surface area (Å²) < 4.78 is 17.5. The van der Waals surface area contributed by atoms with E-state index in [-0.39, 0.29) is 19.4 Å². The van der Waals surface area contributed by atoms with Crippen LogP contribution in [0.4, 0.5) is 0 Å². The van der Waals surface area contributed by atoms with Crippen molar-refractivity contribution in [2.75, 3.05) is 13.2 Å². The Morgan fingerprint density at radius 3 is 1.51 bits per heavy atom. The molecule has 70 heavy (non-hydrogen) atoms. The molecule has 11 heteroatoms. The first kappa shape index (κ1) is 65.1. The van der Waals surface area contributed by atoms with Crippen LogP contribution in [-0.2, 0) is 23.8 Å². The largest absolute Gasteiger partial charge is 0.454 e. The smallest absolute Gasteiger partial charge is 0.306 e. The second-order valence-electron chi connectivity index (χ2n) is 19.3. The van der Waals surface area contributed by atoms with Crippen LogP contribution in [-0.4, -0.2) is 99.6 Å². The highest BCUT2D eigenvalue weighted by molar-refractivity contribution is 5.80. The van der Waals surface area contributed by atoms with Gasteiger partial charge in [0, 0.05) is 6.42 Å². The summed E-state index contributed by atoms with van der Waals surface area (Å²) in [5, 5.41) is 56.6. The number of aliphatic hydroxyl groups excluding tert-OH is 5. The lowest BCUT2D eigenvalue weighted by molar-refractivity contribution is -0.305. The summed E-state index contributed by atoms with van der Waals surface area (Å²) in [5.74, 6) is -1.28. The molecule has 8 atom stereocenters.